The van der Waals surface area contributed by atoms with Crippen LogP contribution in [0.3, 0.4) is 0 Å². The molecule has 3 heterocycles. The topological polar surface area (TPSA) is 86.8 Å². The number of anilines is 2. The monoisotopic (exact) mass is 475 g/mol. The van der Waals surface area contributed by atoms with Gasteiger partial charge < -0.3 is 15.4 Å². The fraction of sp³-hybridized carbons (Fsp3) is 0.444. The Morgan fingerprint density at radius 3 is 2.14 bits per heavy atom. The number of pyridine rings is 1. The van der Waals surface area contributed by atoms with Crippen LogP contribution >= 0.6 is 0 Å². The third-order valence-electron chi connectivity index (χ3n) is 6.74. The number of ether oxygens (including phenoxy) is 1. The lowest BCUT2D eigenvalue weighted by Gasteiger charge is -2.18. The van der Waals surface area contributed by atoms with E-state index in [0.29, 0.717) is 31.1 Å². The highest BCUT2D eigenvalue weighted by Gasteiger charge is 2.19. The maximum atomic E-state index is 13.0. The van der Waals surface area contributed by atoms with Gasteiger partial charge in [0.1, 0.15) is 5.75 Å². The summed E-state index contributed by atoms with van der Waals surface area (Å²) >= 11 is 0. The molecule has 8 heteroatoms. The van der Waals surface area contributed by atoms with Crippen molar-refractivity contribution in [3.8, 4) is 5.75 Å². The molecule has 0 bridgehead atoms. The van der Waals surface area contributed by atoms with Crippen molar-refractivity contribution in [3.63, 3.8) is 0 Å². The third-order valence-corrected chi connectivity index (χ3v) is 6.74. The predicted molar refractivity (Wildman–Crippen MR) is 139 cm³/mol. The van der Waals surface area contributed by atoms with Crippen LogP contribution in [0.15, 0.2) is 36.4 Å². The normalized spacial score (nSPS) is 16.7. The highest BCUT2D eigenvalue weighted by molar-refractivity contribution is 6.14. The Morgan fingerprint density at radius 2 is 1.49 bits per heavy atom. The fourth-order valence-electron chi connectivity index (χ4n) is 5.06. The molecule has 2 fully saturated rings. The Balaban J connectivity index is 1.47. The summed E-state index contributed by atoms with van der Waals surface area (Å²) in [4.78, 5) is 34.8. The number of amides is 2. The molecule has 2 saturated heterocycles. The van der Waals surface area contributed by atoms with Gasteiger partial charge in [-0.25, -0.2) is 4.98 Å². The zero-order valence-electron chi connectivity index (χ0n) is 20.3. The molecule has 2 aromatic carbocycles. The van der Waals surface area contributed by atoms with Gasteiger partial charge in [0, 0.05) is 22.5 Å². The fourth-order valence-corrected chi connectivity index (χ4v) is 5.06. The Kier molecular flexibility index (Phi) is 7.11. The van der Waals surface area contributed by atoms with Crippen LogP contribution in [0.4, 0.5) is 11.4 Å². The van der Waals surface area contributed by atoms with E-state index in [4.69, 9.17) is 9.72 Å². The summed E-state index contributed by atoms with van der Waals surface area (Å²) in [6, 6.07) is 11.4. The Labute approximate surface area is 205 Å². The molecule has 35 heavy (non-hydrogen) atoms. The van der Waals surface area contributed by atoms with Crippen molar-refractivity contribution < 1.29 is 14.3 Å². The van der Waals surface area contributed by atoms with Gasteiger partial charge in [-0.2, -0.15) is 0 Å². The van der Waals surface area contributed by atoms with Gasteiger partial charge >= 0.3 is 0 Å². The van der Waals surface area contributed by atoms with Crippen molar-refractivity contribution in [1.82, 2.24) is 14.8 Å². The van der Waals surface area contributed by atoms with Crippen LogP contribution in [0.25, 0.3) is 21.8 Å². The number of hydrogen-bond acceptors (Lipinski definition) is 6. The average Bonchev–Trinajstić information content (AvgIpc) is 3.54. The maximum absolute atomic E-state index is 13.0. The van der Waals surface area contributed by atoms with E-state index in [1.165, 1.54) is 0 Å². The lowest BCUT2D eigenvalue weighted by atomic mass is 10.1. The summed E-state index contributed by atoms with van der Waals surface area (Å²) in [5, 5.41) is 7.83. The molecule has 5 rings (SSSR count). The summed E-state index contributed by atoms with van der Waals surface area (Å²) in [6.45, 7) is 7.13. The zero-order chi connectivity index (χ0) is 24.2. The average molecular weight is 476 g/mol. The molecule has 0 radical (unpaired) electrons. The first-order valence-electron chi connectivity index (χ1n) is 12.6. The van der Waals surface area contributed by atoms with Crippen molar-refractivity contribution >= 4 is 45.0 Å². The Hall–Kier alpha value is -3.23. The first kappa shape index (κ1) is 23.5. The van der Waals surface area contributed by atoms with Crippen LogP contribution in [-0.4, -0.2) is 72.5 Å². The quantitative estimate of drug-likeness (QED) is 0.481. The van der Waals surface area contributed by atoms with Gasteiger partial charge in [-0.05, 0) is 89.1 Å². The Bertz CT molecular complexity index is 1230. The number of fused-ring (bicyclic) bond motifs is 2. The molecule has 0 atom stereocenters. The van der Waals surface area contributed by atoms with E-state index < -0.39 is 0 Å². The van der Waals surface area contributed by atoms with E-state index in [9.17, 15) is 9.59 Å². The molecule has 0 saturated carbocycles. The van der Waals surface area contributed by atoms with E-state index in [-0.39, 0.29) is 11.8 Å². The van der Waals surface area contributed by atoms with Crippen LogP contribution in [-0.2, 0) is 9.59 Å². The van der Waals surface area contributed by atoms with Crippen LogP contribution in [0.5, 0.6) is 5.75 Å². The number of likely N-dealkylation sites (tertiary alicyclic amines) is 2. The molecular formula is C27H33N5O3. The molecule has 1 aromatic heterocycles. The molecule has 0 unspecified atom stereocenters. The summed E-state index contributed by atoms with van der Waals surface area (Å²) in [7, 11) is 0. The van der Waals surface area contributed by atoms with Gasteiger partial charge in [0.25, 0.3) is 0 Å². The van der Waals surface area contributed by atoms with Crippen LogP contribution in [0, 0.1) is 0 Å². The summed E-state index contributed by atoms with van der Waals surface area (Å²) < 4.78 is 5.67. The van der Waals surface area contributed by atoms with Gasteiger partial charge in [-0.15, -0.1) is 0 Å². The molecule has 2 aliphatic rings. The van der Waals surface area contributed by atoms with E-state index in [2.05, 4.69) is 20.4 Å². The molecular weight excluding hydrogens is 442 g/mol. The number of rotatable bonds is 8. The number of aromatic nitrogens is 1. The second-order valence-corrected chi connectivity index (χ2v) is 9.39. The summed E-state index contributed by atoms with van der Waals surface area (Å²) in [5.41, 5.74) is 2.92. The minimum atomic E-state index is -0.0435. The number of carbonyl (C=O) groups is 2. The number of benzene rings is 2. The number of carbonyl (C=O) groups excluding carboxylic acids is 2. The first-order valence-corrected chi connectivity index (χ1v) is 12.6. The molecule has 0 spiro atoms. The van der Waals surface area contributed by atoms with Crippen molar-refractivity contribution in [2.24, 2.45) is 0 Å². The Morgan fingerprint density at radius 1 is 0.829 bits per heavy atom. The molecule has 2 amide bonds. The van der Waals surface area contributed by atoms with Crippen LogP contribution in [0.1, 0.15) is 32.6 Å². The van der Waals surface area contributed by atoms with E-state index in [0.717, 1.165) is 79.4 Å². The molecule has 2 aliphatic heterocycles. The third kappa shape index (κ3) is 5.55. The largest absolute Gasteiger partial charge is 0.494 e. The van der Waals surface area contributed by atoms with E-state index in [1.807, 2.05) is 43.3 Å². The minimum Gasteiger partial charge on any atom is -0.494 e. The number of nitrogens with zero attached hydrogens (tertiary/aromatic N) is 3. The molecule has 184 valence electrons. The van der Waals surface area contributed by atoms with Crippen LogP contribution < -0.4 is 15.4 Å². The zero-order valence-corrected chi connectivity index (χ0v) is 20.3. The smallest absolute Gasteiger partial charge is 0.238 e. The minimum absolute atomic E-state index is 0.0269. The maximum Gasteiger partial charge on any atom is 0.238 e. The lowest BCUT2D eigenvalue weighted by molar-refractivity contribution is -0.117. The van der Waals surface area contributed by atoms with Crippen molar-refractivity contribution in [1.29, 1.82) is 0 Å². The molecule has 2 N–H and O–H groups in total. The summed E-state index contributed by atoms with van der Waals surface area (Å²) in [6.07, 6.45) is 4.56. The van der Waals surface area contributed by atoms with Gasteiger partial charge in [0.05, 0.1) is 36.4 Å². The second kappa shape index (κ2) is 10.6. The highest BCUT2D eigenvalue weighted by Crippen LogP contribution is 2.34. The molecule has 3 aromatic rings. The number of hydrogen-bond donors (Lipinski definition) is 2. The molecule has 0 aliphatic carbocycles. The first-order chi connectivity index (χ1) is 17.1. The molecule has 8 nitrogen and oxygen atoms in total. The summed E-state index contributed by atoms with van der Waals surface area (Å²) in [5.74, 6) is 0.672. The van der Waals surface area contributed by atoms with Crippen molar-refractivity contribution in [2.45, 2.75) is 32.6 Å². The van der Waals surface area contributed by atoms with Gasteiger partial charge in [0.15, 0.2) is 0 Å². The standard InChI is InChI=1S/C27H33N5O3/c1-2-35-20-8-9-21-24(16-20)29-23-10-7-19(28-25(33)17-31-11-3-4-12-31)15-22(23)27(21)30-26(34)18-32-13-5-6-14-32/h7-10,15-16H,2-6,11-14,17-18H2,1H3,(H,28,33)(H,29,30,34). The number of nitrogens with one attached hydrogen (secondary N) is 2. The highest BCUT2D eigenvalue weighted by atomic mass is 16.5. The van der Waals surface area contributed by atoms with Gasteiger partial charge in [0.2, 0.25) is 11.8 Å². The second-order valence-electron chi connectivity index (χ2n) is 9.39. The SMILES string of the molecule is CCOc1ccc2c(NC(=O)CN3CCCC3)c3cc(NC(=O)CN4CCCC4)ccc3nc2c1. The van der Waals surface area contributed by atoms with Crippen LogP contribution in [0.2, 0.25) is 0 Å². The predicted octanol–water partition coefficient (Wildman–Crippen LogP) is 3.86. The lowest BCUT2D eigenvalue weighted by Crippen LogP contribution is -2.31. The van der Waals surface area contributed by atoms with E-state index >= 15 is 0 Å². The van der Waals surface area contributed by atoms with Crippen molar-refractivity contribution in [2.75, 3.05) is 56.5 Å². The van der Waals surface area contributed by atoms with Crippen molar-refractivity contribution in [3.05, 3.63) is 36.4 Å². The van der Waals surface area contributed by atoms with Gasteiger partial charge in [-0.3, -0.25) is 19.4 Å². The van der Waals surface area contributed by atoms with E-state index in [1.54, 1.807) is 0 Å². The van der Waals surface area contributed by atoms with Gasteiger partial charge in [-0.1, -0.05) is 0 Å².